The number of amides is 1. The van der Waals surface area contributed by atoms with Gasteiger partial charge in [0.1, 0.15) is 6.54 Å². The van der Waals surface area contributed by atoms with Gasteiger partial charge in [-0.2, -0.15) is 0 Å². The maximum absolute atomic E-state index is 13.9. The van der Waals surface area contributed by atoms with Crippen LogP contribution in [-0.2, 0) is 27.9 Å². The van der Waals surface area contributed by atoms with Gasteiger partial charge in [0.05, 0.1) is 10.6 Å². The molecule has 0 atom stereocenters. The number of hydrogen-bond acceptors (Lipinski definition) is 3. The van der Waals surface area contributed by atoms with E-state index >= 15 is 0 Å². The third-order valence-corrected chi connectivity index (χ3v) is 8.31. The number of benzene rings is 4. The van der Waals surface area contributed by atoms with Gasteiger partial charge in [-0.3, -0.25) is 9.10 Å². The van der Waals surface area contributed by atoms with Gasteiger partial charge in [0, 0.05) is 13.1 Å². The number of hydrogen-bond donors (Lipinski definition) is 0. The van der Waals surface area contributed by atoms with Crippen LogP contribution in [0.15, 0.2) is 114 Å². The molecule has 0 aliphatic carbocycles. The standard InChI is InChI=1S/C32H34N2O3S/c1-25(2)29-16-18-30(19-17-29)34(38(36,37)31-20-14-26(3)15-21-31)24-32(35)33(22-27-10-6-4-7-11-27)23-28-12-8-5-9-13-28/h4-21,25H,22-24H2,1-3H3. The third kappa shape index (κ3) is 6.69. The maximum Gasteiger partial charge on any atom is 0.264 e. The average Bonchev–Trinajstić information content (AvgIpc) is 2.92. The van der Waals surface area contributed by atoms with E-state index in [9.17, 15) is 13.2 Å². The van der Waals surface area contributed by atoms with E-state index < -0.39 is 10.0 Å². The summed E-state index contributed by atoms with van der Waals surface area (Å²) >= 11 is 0. The van der Waals surface area contributed by atoms with Crippen molar-refractivity contribution >= 4 is 21.6 Å². The second-order valence-corrected chi connectivity index (χ2v) is 11.7. The Labute approximate surface area is 226 Å². The molecule has 0 aliphatic heterocycles. The van der Waals surface area contributed by atoms with Crippen LogP contribution in [-0.4, -0.2) is 25.8 Å². The van der Waals surface area contributed by atoms with Crippen LogP contribution in [0.4, 0.5) is 5.69 Å². The smallest absolute Gasteiger partial charge is 0.264 e. The first-order valence-corrected chi connectivity index (χ1v) is 14.2. The molecule has 0 aliphatic rings. The number of nitrogens with zero attached hydrogens (tertiary/aromatic N) is 2. The lowest BCUT2D eigenvalue weighted by Gasteiger charge is -2.29. The van der Waals surface area contributed by atoms with E-state index in [0.29, 0.717) is 24.7 Å². The normalized spacial score (nSPS) is 11.4. The molecule has 5 nitrogen and oxygen atoms in total. The number of rotatable bonds is 10. The van der Waals surface area contributed by atoms with Crippen molar-refractivity contribution in [2.45, 2.75) is 44.7 Å². The van der Waals surface area contributed by atoms with Gasteiger partial charge < -0.3 is 4.90 Å². The Kier molecular flexibility index (Phi) is 8.64. The second kappa shape index (κ2) is 12.1. The van der Waals surface area contributed by atoms with Crippen LogP contribution in [0.1, 0.15) is 42.0 Å². The summed E-state index contributed by atoms with van der Waals surface area (Å²) in [7, 11) is -3.99. The molecule has 4 rings (SSSR count). The van der Waals surface area contributed by atoms with Crippen LogP contribution in [0.5, 0.6) is 0 Å². The van der Waals surface area contributed by atoms with Gasteiger partial charge >= 0.3 is 0 Å². The van der Waals surface area contributed by atoms with Crippen molar-refractivity contribution in [1.29, 1.82) is 0 Å². The molecule has 0 radical (unpaired) electrons. The highest BCUT2D eigenvalue weighted by Gasteiger charge is 2.29. The van der Waals surface area contributed by atoms with Crippen LogP contribution >= 0.6 is 0 Å². The van der Waals surface area contributed by atoms with Crippen LogP contribution in [0.2, 0.25) is 0 Å². The molecule has 0 saturated carbocycles. The van der Waals surface area contributed by atoms with E-state index in [1.54, 1.807) is 41.3 Å². The molecule has 0 unspecified atom stereocenters. The third-order valence-electron chi connectivity index (χ3n) is 6.52. The van der Waals surface area contributed by atoms with Gasteiger partial charge in [0.2, 0.25) is 5.91 Å². The topological polar surface area (TPSA) is 57.7 Å². The fourth-order valence-corrected chi connectivity index (χ4v) is 5.65. The van der Waals surface area contributed by atoms with Crippen molar-refractivity contribution in [2.24, 2.45) is 0 Å². The highest BCUT2D eigenvalue weighted by molar-refractivity contribution is 7.92. The summed E-state index contributed by atoms with van der Waals surface area (Å²) in [5, 5.41) is 0. The summed E-state index contributed by atoms with van der Waals surface area (Å²) in [6, 6.07) is 33.6. The summed E-state index contributed by atoms with van der Waals surface area (Å²) in [4.78, 5) is 15.7. The first-order chi connectivity index (χ1) is 18.2. The number of anilines is 1. The molecule has 0 heterocycles. The zero-order valence-corrected chi connectivity index (χ0v) is 22.9. The van der Waals surface area contributed by atoms with E-state index in [1.165, 1.54) is 4.31 Å². The Morgan fingerprint density at radius 3 is 1.68 bits per heavy atom. The van der Waals surface area contributed by atoms with E-state index in [2.05, 4.69) is 13.8 Å². The number of sulfonamides is 1. The van der Waals surface area contributed by atoms with E-state index in [4.69, 9.17) is 0 Å². The minimum absolute atomic E-state index is 0.154. The van der Waals surface area contributed by atoms with Crippen molar-refractivity contribution in [3.8, 4) is 0 Å². The lowest BCUT2D eigenvalue weighted by molar-refractivity contribution is -0.130. The van der Waals surface area contributed by atoms with Gasteiger partial charge in [-0.25, -0.2) is 8.42 Å². The fourth-order valence-electron chi connectivity index (χ4n) is 4.24. The van der Waals surface area contributed by atoms with Crippen LogP contribution < -0.4 is 4.31 Å². The molecule has 0 spiro atoms. The van der Waals surface area contributed by atoms with Gasteiger partial charge in [0.25, 0.3) is 10.0 Å². The lowest BCUT2D eigenvalue weighted by Crippen LogP contribution is -2.42. The van der Waals surface area contributed by atoms with Crippen molar-refractivity contribution < 1.29 is 13.2 Å². The number of carbonyl (C=O) groups is 1. The molecule has 196 valence electrons. The highest BCUT2D eigenvalue weighted by atomic mass is 32.2. The minimum Gasteiger partial charge on any atom is -0.332 e. The van der Waals surface area contributed by atoms with Crippen molar-refractivity contribution in [3.05, 3.63) is 131 Å². The van der Waals surface area contributed by atoms with E-state index in [1.807, 2.05) is 79.7 Å². The Hall–Kier alpha value is -3.90. The Morgan fingerprint density at radius 1 is 0.711 bits per heavy atom. The summed E-state index contributed by atoms with van der Waals surface area (Å²) in [6.45, 7) is 6.53. The van der Waals surface area contributed by atoms with Gasteiger partial charge in [-0.1, -0.05) is 104 Å². The minimum atomic E-state index is -3.99. The predicted octanol–water partition coefficient (Wildman–Crippen LogP) is 6.54. The quantitative estimate of drug-likeness (QED) is 0.236. The largest absolute Gasteiger partial charge is 0.332 e. The van der Waals surface area contributed by atoms with Crippen molar-refractivity contribution in [3.63, 3.8) is 0 Å². The first-order valence-electron chi connectivity index (χ1n) is 12.8. The van der Waals surface area contributed by atoms with Crippen LogP contribution in [0, 0.1) is 6.92 Å². The summed E-state index contributed by atoms with van der Waals surface area (Å²) in [5.74, 6) is 0.0291. The molecule has 0 aromatic heterocycles. The Balaban J connectivity index is 1.70. The Bertz CT molecular complexity index is 1390. The summed E-state index contributed by atoms with van der Waals surface area (Å²) in [6.07, 6.45) is 0. The molecule has 0 saturated heterocycles. The molecule has 0 fully saturated rings. The van der Waals surface area contributed by atoms with Crippen molar-refractivity contribution in [2.75, 3.05) is 10.8 Å². The first kappa shape index (κ1) is 27.1. The maximum atomic E-state index is 13.9. The van der Waals surface area contributed by atoms with Gasteiger partial charge in [-0.05, 0) is 53.8 Å². The van der Waals surface area contributed by atoms with Crippen LogP contribution in [0.25, 0.3) is 0 Å². The summed E-state index contributed by atoms with van der Waals surface area (Å²) in [5.41, 5.74) is 4.48. The molecule has 38 heavy (non-hydrogen) atoms. The zero-order valence-electron chi connectivity index (χ0n) is 22.1. The van der Waals surface area contributed by atoms with Crippen molar-refractivity contribution in [1.82, 2.24) is 4.90 Å². The summed E-state index contributed by atoms with van der Waals surface area (Å²) < 4.78 is 29.0. The Morgan fingerprint density at radius 2 is 1.21 bits per heavy atom. The molecule has 4 aromatic rings. The fraction of sp³-hybridized carbons (Fsp3) is 0.219. The van der Waals surface area contributed by atoms with Gasteiger partial charge in [0.15, 0.2) is 0 Å². The highest BCUT2D eigenvalue weighted by Crippen LogP contribution is 2.27. The van der Waals surface area contributed by atoms with E-state index in [-0.39, 0.29) is 17.3 Å². The molecule has 1 amide bonds. The SMILES string of the molecule is Cc1ccc(S(=O)(=O)N(CC(=O)N(Cc2ccccc2)Cc2ccccc2)c2ccc(C(C)C)cc2)cc1. The number of aryl methyl sites for hydroxylation is 1. The monoisotopic (exact) mass is 526 g/mol. The molecule has 0 bridgehead atoms. The molecular formula is C32H34N2O3S. The predicted molar refractivity (Wildman–Crippen MR) is 153 cm³/mol. The molecular weight excluding hydrogens is 492 g/mol. The molecule has 4 aromatic carbocycles. The molecule has 6 heteroatoms. The van der Waals surface area contributed by atoms with E-state index in [0.717, 1.165) is 22.3 Å². The average molecular weight is 527 g/mol. The number of carbonyl (C=O) groups excluding carboxylic acids is 1. The van der Waals surface area contributed by atoms with Crippen LogP contribution in [0.3, 0.4) is 0 Å². The second-order valence-electron chi connectivity index (χ2n) is 9.79. The molecule has 0 N–H and O–H groups in total. The lowest BCUT2D eigenvalue weighted by atomic mass is 10.0. The van der Waals surface area contributed by atoms with Gasteiger partial charge in [-0.15, -0.1) is 0 Å². The zero-order chi connectivity index (χ0) is 27.1.